The van der Waals surface area contributed by atoms with Crippen LogP contribution in [0.1, 0.15) is 17.5 Å². The molecular formula is C22H26N2O2. The smallest absolute Gasteiger partial charge is 0.137 e. The summed E-state index contributed by atoms with van der Waals surface area (Å²) in [5.74, 6) is 0. The van der Waals surface area contributed by atoms with Crippen LogP contribution in [0.2, 0.25) is 0 Å². The summed E-state index contributed by atoms with van der Waals surface area (Å²) in [4.78, 5) is 13.2. The first-order chi connectivity index (χ1) is 12.5. The largest absolute Gasteiger partial charge is 0.378 e. The van der Waals surface area contributed by atoms with E-state index in [0.29, 0.717) is 13.0 Å². The third-order valence-corrected chi connectivity index (χ3v) is 5.25. The van der Waals surface area contributed by atoms with Crippen molar-refractivity contribution >= 4 is 18.0 Å². The molecule has 0 bridgehead atoms. The number of carbonyl (C=O) groups is 1. The maximum absolute atomic E-state index is 11.1. The van der Waals surface area contributed by atoms with E-state index < -0.39 is 5.60 Å². The van der Waals surface area contributed by atoms with Gasteiger partial charge in [-0.05, 0) is 34.4 Å². The highest BCUT2D eigenvalue weighted by Gasteiger charge is 2.40. The number of rotatable bonds is 6. The van der Waals surface area contributed by atoms with Gasteiger partial charge in [-0.3, -0.25) is 0 Å². The molecule has 4 heteroatoms. The van der Waals surface area contributed by atoms with Gasteiger partial charge in [0.1, 0.15) is 11.9 Å². The molecule has 1 fully saturated rings. The average Bonchev–Trinajstić information content (AvgIpc) is 3.12. The Balaban J connectivity index is 1.93. The van der Waals surface area contributed by atoms with Crippen LogP contribution in [-0.2, 0) is 15.1 Å². The number of nitrogens with zero attached hydrogens (tertiary/aromatic N) is 1. The van der Waals surface area contributed by atoms with Crippen molar-refractivity contribution in [1.29, 1.82) is 0 Å². The van der Waals surface area contributed by atoms with Gasteiger partial charge in [0, 0.05) is 39.9 Å². The van der Waals surface area contributed by atoms with Gasteiger partial charge in [0.2, 0.25) is 0 Å². The molecule has 0 aromatic heterocycles. The summed E-state index contributed by atoms with van der Waals surface area (Å²) < 4.78 is 5.81. The van der Waals surface area contributed by atoms with Crippen molar-refractivity contribution in [3.8, 4) is 11.1 Å². The molecule has 1 aliphatic rings. The van der Waals surface area contributed by atoms with Crippen LogP contribution in [0.5, 0.6) is 0 Å². The molecule has 2 atom stereocenters. The van der Waals surface area contributed by atoms with E-state index in [1.54, 1.807) is 7.11 Å². The van der Waals surface area contributed by atoms with Crippen LogP contribution in [0.15, 0.2) is 49.0 Å². The van der Waals surface area contributed by atoms with E-state index in [1.807, 2.05) is 20.2 Å². The van der Waals surface area contributed by atoms with E-state index in [0.717, 1.165) is 34.2 Å². The monoisotopic (exact) mass is 350 g/mol. The van der Waals surface area contributed by atoms with E-state index >= 15 is 0 Å². The Kier molecular flexibility index (Phi) is 5.25. The van der Waals surface area contributed by atoms with E-state index in [-0.39, 0.29) is 6.04 Å². The topological polar surface area (TPSA) is 41.6 Å². The van der Waals surface area contributed by atoms with Crippen molar-refractivity contribution in [2.45, 2.75) is 18.1 Å². The number of aldehydes is 1. The summed E-state index contributed by atoms with van der Waals surface area (Å²) in [7, 11) is 5.77. The second-order valence-electron chi connectivity index (χ2n) is 6.97. The molecule has 1 N–H and O–H groups in total. The number of hydrogen-bond donors (Lipinski definition) is 1. The van der Waals surface area contributed by atoms with E-state index in [9.17, 15) is 4.79 Å². The lowest BCUT2D eigenvalue weighted by Crippen LogP contribution is -2.30. The highest BCUT2D eigenvalue weighted by molar-refractivity contribution is 5.77. The molecular weight excluding hydrogens is 324 g/mol. The standard InChI is InChI=1S/C22H26N2O2/c1-5-16-12-20(24(2)3)10-11-21(16)17-6-8-18(9-7-17)22(26-4)13-19(14-25)23-15-22/h5-12,14,19,23H,1,13,15H2,2-4H3/t19-,22-/m0/s1. The fourth-order valence-corrected chi connectivity index (χ4v) is 3.60. The van der Waals surface area contributed by atoms with Gasteiger partial charge < -0.3 is 19.7 Å². The highest BCUT2D eigenvalue weighted by Crippen LogP contribution is 2.35. The van der Waals surface area contributed by atoms with Gasteiger partial charge in [0.25, 0.3) is 0 Å². The predicted molar refractivity (Wildman–Crippen MR) is 107 cm³/mol. The highest BCUT2D eigenvalue weighted by atomic mass is 16.5. The maximum atomic E-state index is 11.1. The van der Waals surface area contributed by atoms with Crippen LogP contribution in [0.3, 0.4) is 0 Å². The second-order valence-corrected chi connectivity index (χ2v) is 6.97. The Morgan fingerprint density at radius 1 is 1.23 bits per heavy atom. The first kappa shape index (κ1) is 18.4. The molecule has 136 valence electrons. The third kappa shape index (κ3) is 3.30. The quantitative estimate of drug-likeness (QED) is 0.810. The molecule has 2 aromatic carbocycles. The van der Waals surface area contributed by atoms with Crippen LogP contribution in [-0.4, -0.2) is 40.1 Å². The summed E-state index contributed by atoms with van der Waals surface area (Å²) in [6.07, 6.45) is 3.50. The molecule has 1 heterocycles. The van der Waals surface area contributed by atoms with Gasteiger partial charge in [-0.2, -0.15) is 0 Å². The number of ether oxygens (including phenoxy) is 1. The SMILES string of the molecule is C=Cc1cc(N(C)C)ccc1-c1ccc([C@@]2(OC)CN[C@H](C=O)C2)cc1. The molecule has 1 aliphatic heterocycles. The van der Waals surface area contributed by atoms with Crippen LogP contribution in [0, 0.1) is 0 Å². The zero-order chi connectivity index (χ0) is 18.7. The van der Waals surface area contributed by atoms with Crippen molar-refractivity contribution in [2.24, 2.45) is 0 Å². The number of methoxy groups -OCH3 is 1. The summed E-state index contributed by atoms with van der Waals surface area (Å²) in [5.41, 5.74) is 5.19. The Hall–Kier alpha value is -2.43. The Morgan fingerprint density at radius 3 is 2.50 bits per heavy atom. The van der Waals surface area contributed by atoms with Gasteiger partial charge in [0.05, 0.1) is 6.04 Å². The van der Waals surface area contributed by atoms with Crippen LogP contribution < -0.4 is 10.2 Å². The molecule has 0 saturated carbocycles. The third-order valence-electron chi connectivity index (χ3n) is 5.25. The van der Waals surface area contributed by atoms with Crippen LogP contribution in [0.25, 0.3) is 17.2 Å². The minimum atomic E-state index is -0.444. The molecule has 0 spiro atoms. The lowest BCUT2D eigenvalue weighted by Gasteiger charge is -2.27. The minimum Gasteiger partial charge on any atom is -0.378 e. The molecule has 4 nitrogen and oxygen atoms in total. The number of benzene rings is 2. The van der Waals surface area contributed by atoms with Crippen molar-refractivity contribution in [1.82, 2.24) is 5.32 Å². The van der Waals surface area contributed by atoms with Crippen molar-refractivity contribution < 1.29 is 9.53 Å². The Bertz CT molecular complexity index is 798. The van der Waals surface area contributed by atoms with Crippen LogP contribution >= 0.6 is 0 Å². The van der Waals surface area contributed by atoms with E-state index in [4.69, 9.17) is 4.74 Å². The van der Waals surface area contributed by atoms with Crippen molar-refractivity contribution in [3.05, 3.63) is 60.2 Å². The van der Waals surface area contributed by atoms with Crippen LogP contribution in [0.4, 0.5) is 5.69 Å². The number of anilines is 1. The molecule has 1 saturated heterocycles. The molecule has 3 rings (SSSR count). The second kappa shape index (κ2) is 7.44. The van der Waals surface area contributed by atoms with Gasteiger partial charge in [0.15, 0.2) is 0 Å². The first-order valence-electron chi connectivity index (χ1n) is 8.81. The van der Waals surface area contributed by atoms with Gasteiger partial charge in [-0.1, -0.05) is 43.0 Å². The summed E-state index contributed by atoms with van der Waals surface area (Å²) in [6.45, 7) is 4.60. The number of hydrogen-bond acceptors (Lipinski definition) is 4. The lowest BCUT2D eigenvalue weighted by atomic mass is 9.89. The summed E-state index contributed by atoms with van der Waals surface area (Å²) >= 11 is 0. The normalized spacial score (nSPS) is 22.2. The van der Waals surface area contributed by atoms with Gasteiger partial charge in [-0.15, -0.1) is 0 Å². The number of nitrogens with one attached hydrogen (secondary N) is 1. The summed E-state index contributed by atoms with van der Waals surface area (Å²) in [5, 5.41) is 3.22. The molecule has 2 aromatic rings. The summed E-state index contributed by atoms with van der Waals surface area (Å²) in [6, 6.07) is 14.7. The van der Waals surface area contributed by atoms with Gasteiger partial charge >= 0.3 is 0 Å². The molecule has 26 heavy (non-hydrogen) atoms. The molecule has 0 unspecified atom stereocenters. The minimum absolute atomic E-state index is 0.152. The van der Waals surface area contributed by atoms with Gasteiger partial charge in [-0.25, -0.2) is 0 Å². The number of carbonyl (C=O) groups excluding carboxylic acids is 1. The van der Waals surface area contributed by atoms with E-state index in [2.05, 4.69) is 59.3 Å². The first-order valence-corrected chi connectivity index (χ1v) is 8.81. The molecule has 0 amide bonds. The Labute approximate surface area is 155 Å². The van der Waals surface area contributed by atoms with E-state index in [1.165, 1.54) is 0 Å². The average molecular weight is 350 g/mol. The lowest BCUT2D eigenvalue weighted by molar-refractivity contribution is -0.109. The fourth-order valence-electron chi connectivity index (χ4n) is 3.60. The Morgan fingerprint density at radius 2 is 1.96 bits per heavy atom. The maximum Gasteiger partial charge on any atom is 0.137 e. The van der Waals surface area contributed by atoms with Crippen molar-refractivity contribution in [3.63, 3.8) is 0 Å². The molecule has 0 aliphatic carbocycles. The zero-order valence-electron chi connectivity index (χ0n) is 15.7. The zero-order valence-corrected chi connectivity index (χ0v) is 15.7. The fraction of sp³-hybridized carbons (Fsp3) is 0.318. The molecule has 0 radical (unpaired) electrons. The predicted octanol–water partition coefficient (Wildman–Crippen LogP) is 3.47. The van der Waals surface area contributed by atoms with Crippen molar-refractivity contribution in [2.75, 3.05) is 32.6 Å².